The van der Waals surface area contributed by atoms with Crippen molar-refractivity contribution in [3.63, 3.8) is 0 Å². The fraction of sp³-hybridized carbons (Fsp3) is 0.389. The van der Waals surface area contributed by atoms with Gasteiger partial charge in [0.15, 0.2) is 0 Å². The van der Waals surface area contributed by atoms with Crippen LogP contribution < -0.4 is 10.3 Å². The van der Waals surface area contributed by atoms with Gasteiger partial charge in [-0.05, 0) is 37.1 Å². The van der Waals surface area contributed by atoms with Crippen molar-refractivity contribution in [2.24, 2.45) is 0 Å². The van der Waals surface area contributed by atoms with Gasteiger partial charge in [0.2, 0.25) is 0 Å². The zero-order valence-corrected chi connectivity index (χ0v) is 14.5. The molecular weight excluding hydrogens is 306 g/mol. The maximum absolute atomic E-state index is 12.7. The third kappa shape index (κ3) is 3.82. The largest absolute Gasteiger partial charge is 0.497 e. The van der Waals surface area contributed by atoms with Crippen molar-refractivity contribution in [2.75, 3.05) is 14.2 Å². The minimum atomic E-state index is -0.219. The molecule has 24 heavy (non-hydrogen) atoms. The smallest absolute Gasteiger partial charge is 0.274 e. The Balaban J connectivity index is 2.21. The Morgan fingerprint density at radius 1 is 1.25 bits per heavy atom. The van der Waals surface area contributed by atoms with Gasteiger partial charge in [-0.1, -0.05) is 19.1 Å². The molecule has 0 bridgehead atoms. The third-order valence-corrected chi connectivity index (χ3v) is 4.02. The van der Waals surface area contributed by atoms with Crippen molar-refractivity contribution in [2.45, 2.75) is 32.9 Å². The molecule has 0 aliphatic heterocycles. The summed E-state index contributed by atoms with van der Waals surface area (Å²) >= 11 is 0. The molecule has 2 rings (SSSR count). The number of amides is 1. The van der Waals surface area contributed by atoms with E-state index < -0.39 is 0 Å². The number of nitrogens with zero attached hydrogens (tertiary/aromatic N) is 3. The predicted molar refractivity (Wildman–Crippen MR) is 92.3 cm³/mol. The highest BCUT2D eigenvalue weighted by Gasteiger charge is 2.20. The molecule has 6 nitrogen and oxygen atoms in total. The Kier molecular flexibility index (Phi) is 5.73. The number of rotatable bonds is 6. The highest BCUT2D eigenvalue weighted by Crippen LogP contribution is 2.22. The highest BCUT2D eigenvalue weighted by atomic mass is 16.5. The lowest BCUT2D eigenvalue weighted by Crippen LogP contribution is -2.33. The quantitative estimate of drug-likeness (QED) is 0.817. The van der Waals surface area contributed by atoms with Gasteiger partial charge < -0.3 is 9.64 Å². The van der Waals surface area contributed by atoms with E-state index in [2.05, 4.69) is 5.10 Å². The van der Waals surface area contributed by atoms with Crippen molar-refractivity contribution in [3.8, 4) is 5.75 Å². The Hall–Kier alpha value is -2.63. The van der Waals surface area contributed by atoms with Crippen molar-refractivity contribution in [1.29, 1.82) is 0 Å². The average Bonchev–Trinajstić information content (AvgIpc) is 2.62. The summed E-state index contributed by atoms with van der Waals surface area (Å²) in [6.45, 7) is 4.40. The molecule has 1 atom stereocenters. The lowest BCUT2D eigenvalue weighted by atomic mass is 10.1. The number of methoxy groups -OCH3 is 1. The zero-order chi connectivity index (χ0) is 17.7. The zero-order valence-electron chi connectivity index (χ0n) is 14.5. The molecule has 0 unspecified atom stereocenters. The minimum absolute atomic E-state index is 0.128. The van der Waals surface area contributed by atoms with E-state index in [0.717, 1.165) is 17.7 Å². The molecule has 0 saturated heterocycles. The lowest BCUT2D eigenvalue weighted by Gasteiger charge is -2.25. The Morgan fingerprint density at radius 3 is 2.50 bits per heavy atom. The van der Waals surface area contributed by atoms with Crippen molar-refractivity contribution in [3.05, 3.63) is 58.0 Å². The summed E-state index contributed by atoms with van der Waals surface area (Å²) in [6, 6.07) is 10.3. The summed E-state index contributed by atoms with van der Waals surface area (Å²) in [6.07, 6.45) is 0.780. The summed E-state index contributed by atoms with van der Waals surface area (Å²) in [5, 5.41) is 4.18. The Morgan fingerprint density at radius 2 is 1.92 bits per heavy atom. The lowest BCUT2D eigenvalue weighted by molar-refractivity contribution is 0.0733. The molecule has 1 amide bonds. The molecule has 0 fully saturated rings. The first-order valence-corrected chi connectivity index (χ1v) is 7.97. The molecule has 0 spiro atoms. The SMILES string of the molecule is CCCn1nc(C(=O)N(C)[C@@H](C)c2ccc(OC)cc2)ccc1=O. The Labute approximate surface area is 141 Å². The molecule has 128 valence electrons. The molecule has 0 saturated carbocycles. The topological polar surface area (TPSA) is 64.4 Å². The summed E-state index contributed by atoms with van der Waals surface area (Å²) in [5.41, 5.74) is 1.07. The van der Waals surface area contributed by atoms with Gasteiger partial charge in [-0.3, -0.25) is 9.59 Å². The number of hydrogen-bond donors (Lipinski definition) is 0. The van der Waals surface area contributed by atoms with Gasteiger partial charge in [0.05, 0.1) is 13.2 Å². The predicted octanol–water partition coefficient (Wildman–Crippen LogP) is 2.50. The van der Waals surface area contributed by atoms with Crippen LogP contribution >= 0.6 is 0 Å². The fourth-order valence-electron chi connectivity index (χ4n) is 2.40. The van der Waals surface area contributed by atoms with E-state index in [1.165, 1.54) is 16.8 Å². The van der Waals surface area contributed by atoms with E-state index in [1.54, 1.807) is 19.1 Å². The molecule has 0 aliphatic rings. The number of carbonyl (C=O) groups excluding carboxylic acids is 1. The van der Waals surface area contributed by atoms with Crippen LogP contribution in [0.1, 0.15) is 42.4 Å². The molecule has 2 aromatic rings. The van der Waals surface area contributed by atoms with Crippen molar-refractivity contribution < 1.29 is 9.53 Å². The second-order valence-electron chi connectivity index (χ2n) is 5.65. The standard InChI is InChI=1S/C18H23N3O3/c1-5-12-21-17(22)11-10-16(19-21)18(23)20(3)13(2)14-6-8-15(24-4)9-7-14/h6-11,13H,5,12H2,1-4H3/t13-/m0/s1. The van der Waals surface area contributed by atoms with Gasteiger partial charge in [-0.2, -0.15) is 5.10 Å². The van der Waals surface area contributed by atoms with Crippen LogP contribution in [0.15, 0.2) is 41.2 Å². The van der Waals surface area contributed by atoms with Crippen LogP contribution in [0.25, 0.3) is 0 Å². The van der Waals surface area contributed by atoms with E-state index in [0.29, 0.717) is 6.54 Å². The second-order valence-corrected chi connectivity index (χ2v) is 5.65. The molecule has 1 aromatic heterocycles. The van der Waals surface area contributed by atoms with Gasteiger partial charge in [0, 0.05) is 19.7 Å². The summed E-state index contributed by atoms with van der Waals surface area (Å²) in [4.78, 5) is 26.0. The average molecular weight is 329 g/mol. The number of benzene rings is 1. The van der Waals surface area contributed by atoms with Crippen LogP contribution in [0.2, 0.25) is 0 Å². The first-order chi connectivity index (χ1) is 11.5. The van der Waals surface area contributed by atoms with E-state index in [-0.39, 0.29) is 23.2 Å². The second kappa shape index (κ2) is 7.77. The van der Waals surface area contributed by atoms with Crippen LogP contribution in [-0.4, -0.2) is 34.7 Å². The number of ether oxygens (including phenoxy) is 1. The van der Waals surface area contributed by atoms with E-state index in [1.807, 2.05) is 38.1 Å². The van der Waals surface area contributed by atoms with Gasteiger partial charge in [0.25, 0.3) is 11.5 Å². The number of carbonyl (C=O) groups is 1. The van der Waals surface area contributed by atoms with Gasteiger partial charge in [0.1, 0.15) is 11.4 Å². The first kappa shape index (κ1) is 17.7. The molecule has 0 aliphatic carbocycles. The number of aromatic nitrogens is 2. The minimum Gasteiger partial charge on any atom is -0.497 e. The van der Waals surface area contributed by atoms with Crippen LogP contribution in [0, 0.1) is 0 Å². The molecule has 6 heteroatoms. The third-order valence-electron chi connectivity index (χ3n) is 4.02. The van der Waals surface area contributed by atoms with Crippen molar-refractivity contribution >= 4 is 5.91 Å². The van der Waals surface area contributed by atoms with E-state index in [9.17, 15) is 9.59 Å². The summed E-state index contributed by atoms with van der Waals surface area (Å²) in [5.74, 6) is 0.552. The van der Waals surface area contributed by atoms with Crippen LogP contribution in [-0.2, 0) is 6.54 Å². The fourth-order valence-corrected chi connectivity index (χ4v) is 2.40. The molecule has 1 heterocycles. The van der Waals surface area contributed by atoms with Gasteiger partial charge in [-0.25, -0.2) is 4.68 Å². The highest BCUT2D eigenvalue weighted by molar-refractivity contribution is 5.92. The van der Waals surface area contributed by atoms with E-state index >= 15 is 0 Å². The molecule has 0 N–H and O–H groups in total. The summed E-state index contributed by atoms with van der Waals surface area (Å²) < 4.78 is 6.48. The maximum Gasteiger partial charge on any atom is 0.274 e. The van der Waals surface area contributed by atoms with Crippen LogP contribution in [0.5, 0.6) is 5.75 Å². The molecular formula is C18H23N3O3. The maximum atomic E-state index is 12.7. The normalized spacial score (nSPS) is 11.8. The van der Waals surface area contributed by atoms with E-state index in [4.69, 9.17) is 4.74 Å². The van der Waals surface area contributed by atoms with Gasteiger partial charge in [-0.15, -0.1) is 0 Å². The number of hydrogen-bond acceptors (Lipinski definition) is 4. The van der Waals surface area contributed by atoms with Crippen LogP contribution in [0.4, 0.5) is 0 Å². The first-order valence-electron chi connectivity index (χ1n) is 7.97. The van der Waals surface area contributed by atoms with Crippen LogP contribution in [0.3, 0.4) is 0 Å². The number of aryl methyl sites for hydroxylation is 1. The van der Waals surface area contributed by atoms with Crippen molar-refractivity contribution in [1.82, 2.24) is 14.7 Å². The van der Waals surface area contributed by atoms with Gasteiger partial charge >= 0.3 is 0 Å². The summed E-state index contributed by atoms with van der Waals surface area (Å²) in [7, 11) is 3.35. The monoisotopic (exact) mass is 329 g/mol. The molecule has 0 radical (unpaired) electrons. The Bertz CT molecular complexity index is 753. The molecule has 1 aromatic carbocycles.